The second-order valence-electron chi connectivity index (χ2n) is 8.34. The van der Waals surface area contributed by atoms with Gasteiger partial charge in [0, 0.05) is 36.7 Å². The third-order valence-electron chi connectivity index (χ3n) is 5.68. The molecule has 10 heteroatoms. The van der Waals surface area contributed by atoms with Crippen LogP contribution in [-0.4, -0.2) is 80.9 Å². The van der Waals surface area contributed by atoms with E-state index in [2.05, 4.69) is 9.97 Å². The number of aromatic nitrogens is 2. The van der Waals surface area contributed by atoms with Crippen molar-refractivity contribution in [3.05, 3.63) is 12.4 Å². The number of thioether (sulfide) groups is 1. The Kier molecular flexibility index (Phi) is 6.36. The molecule has 0 bridgehead atoms. The summed E-state index contributed by atoms with van der Waals surface area (Å²) in [5.74, 6) is 0.693. The summed E-state index contributed by atoms with van der Waals surface area (Å²) in [6.45, 7) is 8.66. The minimum absolute atomic E-state index is 0.311. The van der Waals surface area contributed by atoms with Gasteiger partial charge in [-0.25, -0.2) is 9.97 Å². The monoisotopic (exact) mass is 409 g/mol. The molecule has 2 N–H and O–H groups in total. The number of hydrogen-bond donors (Lipinski definition) is 2. The summed E-state index contributed by atoms with van der Waals surface area (Å²) in [5.41, 5.74) is -0.0142. The molecule has 8 nitrogen and oxygen atoms in total. The van der Waals surface area contributed by atoms with Crippen molar-refractivity contribution in [2.45, 2.75) is 56.6 Å². The molecule has 2 aliphatic rings. The van der Waals surface area contributed by atoms with E-state index in [1.807, 2.05) is 27.7 Å². The second-order valence-corrected chi connectivity index (χ2v) is 9.32. The van der Waals surface area contributed by atoms with E-state index in [1.54, 1.807) is 29.1 Å². The first-order chi connectivity index (χ1) is 13.1. The van der Waals surface area contributed by atoms with Gasteiger partial charge in [-0.15, -0.1) is 0 Å². The Morgan fingerprint density at radius 3 is 2.50 bits per heavy atom. The standard InChI is InChI=1S/C18H28BN3O5S/c1-17(2)18(3,4)27-19(26-17)13-7-20-16(21-8-13)28-11-12-5-6-22(9-12)15(25)14(24)10-23/h7-8,12,14,23-24H,5-6,9-11H2,1-4H3/t12-,14+/m1/s1. The van der Waals surface area contributed by atoms with Crippen LogP contribution in [0.4, 0.5) is 0 Å². The molecular formula is C18H28BN3O5S. The molecule has 0 saturated carbocycles. The summed E-state index contributed by atoms with van der Waals surface area (Å²) in [4.78, 5) is 22.3. The molecule has 0 spiro atoms. The molecule has 0 aliphatic carbocycles. The van der Waals surface area contributed by atoms with Gasteiger partial charge >= 0.3 is 7.12 Å². The number of aliphatic hydroxyl groups excluding tert-OH is 2. The summed E-state index contributed by atoms with van der Waals surface area (Å²) in [7, 11) is -0.476. The van der Waals surface area contributed by atoms with E-state index in [0.29, 0.717) is 24.2 Å². The van der Waals surface area contributed by atoms with Gasteiger partial charge in [-0.2, -0.15) is 0 Å². The predicted octanol–water partition coefficient (Wildman–Crippen LogP) is 0.0696. The number of carbonyl (C=O) groups excluding carboxylic acids is 1. The summed E-state index contributed by atoms with van der Waals surface area (Å²) >= 11 is 1.54. The van der Waals surface area contributed by atoms with Crippen LogP contribution >= 0.6 is 11.8 Å². The van der Waals surface area contributed by atoms with Crippen LogP contribution in [0.25, 0.3) is 0 Å². The molecule has 3 rings (SSSR count). The molecule has 3 heterocycles. The van der Waals surface area contributed by atoms with Gasteiger partial charge in [-0.05, 0) is 40.0 Å². The van der Waals surface area contributed by atoms with Gasteiger partial charge in [0.25, 0.3) is 5.91 Å². The Morgan fingerprint density at radius 1 is 1.32 bits per heavy atom. The largest absolute Gasteiger partial charge is 0.498 e. The van der Waals surface area contributed by atoms with Crippen LogP contribution in [0.3, 0.4) is 0 Å². The molecule has 1 amide bonds. The third-order valence-corrected chi connectivity index (χ3v) is 6.78. The zero-order valence-corrected chi connectivity index (χ0v) is 17.6. The lowest BCUT2D eigenvalue weighted by atomic mass is 9.81. The highest BCUT2D eigenvalue weighted by Gasteiger charge is 2.51. The van der Waals surface area contributed by atoms with Crippen LogP contribution < -0.4 is 5.46 Å². The summed E-state index contributed by atoms with van der Waals surface area (Å²) < 4.78 is 12.0. The molecule has 2 atom stereocenters. The molecule has 1 aromatic heterocycles. The zero-order valence-electron chi connectivity index (χ0n) is 16.8. The van der Waals surface area contributed by atoms with Gasteiger partial charge in [-0.3, -0.25) is 4.79 Å². The molecule has 1 aromatic rings. The first kappa shape index (κ1) is 21.5. The average molecular weight is 409 g/mol. The smallest absolute Gasteiger partial charge is 0.399 e. The summed E-state index contributed by atoms with van der Waals surface area (Å²) in [6, 6.07) is 0. The van der Waals surface area contributed by atoms with Crippen molar-refractivity contribution >= 4 is 30.3 Å². The molecular weight excluding hydrogens is 381 g/mol. The Labute approximate surface area is 170 Å². The van der Waals surface area contributed by atoms with Gasteiger partial charge < -0.3 is 24.4 Å². The minimum Gasteiger partial charge on any atom is -0.399 e. The number of hydrogen-bond acceptors (Lipinski definition) is 8. The minimum atomic E-state index is -1.32. The van der Waals surface area contributed by atoms with Crippen molar-refractivity contribution in [3.8, 4) is 0 Å². The fourth-order valence-electron chi connectivity index (χ4n) is 3.15. The van der Waals surface area contributed by atoms with E-state index in [-0.39, 0.29) is 0 Å². The van der Waals surface area contributed by atoms with Gasteiger partial charge in [-0.1, -0.05) is 11.8 Å². The van der Waals surface area contributed by atoms with Gasteiger partial charge in [0.05, 0.1) is 17.8 Å². The van der Waals surface area contributed by atoms with Crippen molar-refractivity contribution in [1.82, 2.24) is 14.9 Å². The maximum Gasteiger partial charge on any atom is 0.498 e. The fourth-order valence-corrected chi connectivity index (χ4v) is 4.06. The molecule has 0 unspecified atom stereocenters. The number of likely N-dealkylation sites (tertiary alicyclic amines) is 1. The maximum atomic E-state index is 11.9. The van der Waals surface area contributed by atoms with Gasteiger partial charge in [0.1, 0.15) is 0 Å². The van der Waals surface area contributed by atoms with Crippen LogP contribution in [-0.2, 0) is 14.1 Å². The average Bonchev–Trinajstić information content (AvgIpc) is 3.21. The lowest BCUT2D eigenvalue weighted by Gasteiger charge is -2.32. The van der Waals surface area contributed by atoms with Crippen LogP contribution in [0, 0.1) is 5.92 Å². The Balaban J connectivity index is 1.50. The lowest BCUT2D eigenvalue weighted by molar-refractivity contribution is -0.141. The van der Waals surface area contributed by atoms with Crippen LogP contribution in [0.1, 0.15) is 34.1 Å². The quantitative estimate of drug-likeness (QED) is 0.387. The Morgan fingerprint density at radius 2 is 1.93 bits per heavy atom. The van der Waals surface area contributed by atoms with Crippen LogP contribution in [0.5, 0.6) is 0 Å². The van der Waals surface area contributed by atoms with Crippen molar-refractivity contribution < 1.29 is 24.3 Å². The number of carbonyl (C=O) groups is 1. The number of rotatable bonds is 6. The molecule has 2 fully saturated rings. The number of amides is 1. The van der Waals surface area contributed by atoms with Crippen molar-refractivity contribution in [1.29, 1.82) is 0 Å². The summed E-state index contributed by atoms with van der Waals surface area (Å²) in [5, 5.41) is 19.0. The van der Waals surface area contributed by atoms with Crippen LogP contribution in [0.2, 0.25) is 0 Å². The molecule has 28 heavy (non-hydrogen) atoms. The summed E-state index contributed by atoms with van der Waals surface area (Å²) in [6.07, 6.45) is 3.01. The van der Waals surface area contributed by atoms with Crippen molar-refractivity contribution in [2.75, 3.05) is 25.4 Å². The topological polar surface area (TPSA) is 105 Å². The van der Waals surface area contributed by atoms with E-state index in [9.17, 15) is 9.90 Å². The first-order valence-electron chi connectivity index (χ1n) is 9.51. The van der Waals surface area contributed by atoms with E-state index in [4.69, 9.17) is 14.4 Å². The van der Waals surface area contributed by atoms with Crippen LogP contribution in [0.15, 0.2) is 17.6 Å². The zero-order chi connectivity index (χ0) is 20.5. The SMILES string of the molecule is CC1(C)OB(c2cnc(SC[C@@H]3CCN(C(=O)[C@@H](O)CO)C3)nc2)OC1(C)C. The Bertz CT molecular complexity index is 687. The van der Waals surface area contributed by atoms with E-state index < -0.39 is 36.9 Å². The lowest BCUT2D eigenvalue weighted by Crippen LogP contribution is -2.41. The molecule has 0 aromatic carbocycles. The second kappa shape index (κ2) is 8.27. The number of aliphatic hydroxyl groups is 2. The highest BCUT2D eigenvalue weighted by atomic mass is 32.2. The van der Waals surface area contributed by atoms with Crippen molar-refractivity contribution in [2.24, 2.45) is 5.92 Å². The van der Waals surface area contributed by atoms with E-state index in [1.165, 1.54) is 0 Å². The normalized spacial score (nSPS) is 24.6. The highest BCUT2D eigenvalue weighted by molar-refractivity contribution is 7.99. The molecule has 0 radical (unpaired) electrons. The third kappa shape index (κ3) is 4.51. The number of nitrogens with zero attached hydrogens (tertiary/aromatic N) is 3. The predicted molar refractivity (Wildman–Crippen MR) is 106 cm³/mol. The van der Waals surface area contributed by atoms with E-state index >= 15 is 0 Å². The van der Waals surface area contributed by atoms with Gasteiger partial charge in [0.15, 0.2) is 11.3 Å². The maximum absolute atomic E-state index is 11.9. The van der Waals surface area contributed by atoms with Crippen molar-refractivity contribution in [3.63, 3.8) is 0 Å². The molecule has 2 aliphatic heterocycles. The molecule has 2 saturated heterocycles. The first-order valence-corrected chi connectivity index (χ1v) is 10.5. The Hall–Kier alpha value is -1.20. The fraction of sp³-hybridized carbons (Fsp3) is 0.722. The molecule has 154 valence electrons. The highest BCUT2D eigenvalue weighted by Crippen LogP contribution is 2.36. The van der Waals surface area contributed by atoms with Gasteiger partial charge in [0.2, 0.25) is 0 Å². The van der Waals surface area contributed by atoms with E-state index in [0.717, 1.165) is 17.6 Å².